The summed E-state index contributed by atoms with van der Waals surface area (Å²) in [5, 5.41) is 0. The molecule has 1 aromatic rings. The Morgan fingerprint density at radius 2 is 2.14 bits per heavy atom. The van der Waals surface area contributed by atoms with Crippen LogP contribution in [0, 0.1) is 18.7 Å². The molecule has 1 aliphatic carbocycles. The molecule has 0 saturated heterocycles. The van der Waals surface area contributed by atoms with Crippen LogP contribution in [0.3, 0.4) is 0 Å². The van der Waals surface area contributed by atoms with Crippen LogP contribution in [0.1, 0.15) is 30.3 Å². The maximum Gasteiger partial charge on any atom is 0.144 e. The molecular formula is C10H14ClFN2. The van der Waals surface area contributed by atoms with Crippen molar-refractivity contribution in [2.45, 2.75) is 25.8 Å². The van der Waals surface area contributed by atoms with Crippen molar-refractivity contribution in [1.82, 2.24) is 4.98 Å². The zero-order chi connectivity index (χ0) is 9.42. The SMILES string of the molecule is Cc1nc([C@@H](N)C2CC2)ccc1F.Cl. The zero-order valence-electron chi connectivity index (χ0n) is 8.03. The van der Waals surface area contributed by atoms with Gasteiger partial charge in [-0.05, 0) is 37.8 Å². The topological polar surface area (TPSA) is 38.9 Å². The van der Waals surface area contributed by atoms with Crippen LogP contribution in [0.25, 0.3) is 0 Å². The Morgan fingerprint density at radius 3 is 2.64 bits per heavy atom. The van der Waals surface area contributed by atoms with E-state index in [0.717, 1.165) is 5.69 Å². The lowest BCUT2D eigenvalue weighted by Gasteiger charge is -2.09. The molecule has 1 aromatic heterocycles. The average Bonchev–Trinajstić information content (AvgIpc) is 2.91. The van der Waals surface area contributed by atoms with Crippen molar-refractivity contribution in [3.63, 3.8) is 0 Å². The smallest absolute Gasteiger partial charge is 0.144 e. The lowest BCUT2D eigenvalue weighted by atomic mass is 10.1. The van der Waals surface area contributed by atoms with Crippen LogP contribution in [0.2, 0.25) is 0 Å². The molecule has 2 nitrogen and oxygen atoms in total. The first kappa shape index (κ1) is 11.4. The Balaban J connectivity index is 0.000000980. The summed E-state index contributed by atoms with van der Waals surface area (Å²) in [6.45, 7) is 1.67. The van der Waals surface area contributed by atoms with E-state index < -0.39 is 0 Å². The van der Waals surface area contributed by atoms with Crippen LogP contribution in [0.5, 0.6) is 0 Å². The molecule has 1 heterocycles. The van der Waals surface area contributed by atoms with Gasteiger partial charge in [0.05, 0.1) is 11.4 Å². The van der Waals surface area contributed by atoms with Gasteiger partial charge in [0, 0.05) is 6.04 Å². The first-order valence-electron chi connectivity index (χ1n) is 4.57. The van der Waals surface area contributed by atoms with Crippen molar-refractivity contribution < 1.29 is 4.39 Å². The number of aromatic nitrogens is 1. The van der Waals surface area contributed by atoms with E-state index in [9.17, 15) is 4.39 Å². The molecular weight excluding hydrogens is 203 g/mol. The number of rotatable bonds is 2. The summed E-state index contributed by atoms with van der Waals surface area (Å²) in [7, 11) is 0. The average molecular weight is 217 g/mol. The Labute approximate surface area is 89.1 Å². The summed E-state index contributed by atoms with van der Waals surface area (Å²) in [6.07, 6.45) is 2.36. The van der Waals surface area contributed by atoms with Crippen LogP contribution >= 0.6 is 12.4 Å². The Bertz CT molecular complexity index is 326. The number of hydrogen-bond acceptors (Lipinski definition) is 2. The molecule has 0 radical (unpaired) electrons. The molecule has 0 spiro atoms. The summed E-state index contributed by atoms with van der Waals surface area (Å²) in [4.78, 5) is 4.13. The third-order valence-electron chi connectivity index (χ3n) is 2.51. The van der Waals surface area contributed by atoms with Crippen molar-refractivity contribution in [1.29, 1.82) is 0 Å². The number of nitrogens with two attached hydrogens (primary N) is 1. The highest BCUT2D eigenvalue weighted by Gasteiger charge is 2.30. The van der Waals surface area contributed by atoms with Gasteiger partial charge < -0.3 is 5.73 Å². The molecule has 78 valence electrons. The largest absolute Gasteiger partial charge is 0.322 e. The second-order valence-corrected chi connectivity index (χ2v) is 3.67. The van der Waals surface area contributed by atoms with E-state index in [1.165, 1.54) is 18.9 Å². The van der Waals surface area contributed by atoms with Crippen LogP contribution < -0.4 is 5.73 Å². The molecule has 2 rings (SSSR count). The lowest BCUT2D eigenvalue weighted by molar-refractivity contribution is 0.582. The van der Waals surface area contributed by atoms with Crippen LogP contribution in [-0.2, 0) is 0 Å². The van der Waals surface area contributed by atoms with Crippen molar-refractivity contribution >= 4 is 12.4 Å². The third kappa shape index (κ3) is 2.22. The van der Waals surface area contributed by atoms with E-state index in [4.69, 9.17) is 5.73 Å². The maximum atomic E-state index is 12.9. The molecule has 0 bridgehead atoms. The van der Waals surface area contributed by atoms with E-state index in [2.05, 4.69) is 4.98 Å². The first-order chi connectivity index (χ1) is 6.18. The van der Waals surface area contributed by atoms with Crippen LogP contribution in [0.15, 0.2) is 12.1 Å². The van der Waals surface area contributed by atoms with E-state index >= 15 is 0 Å². The second-order valence-electron chi connectivity index (χ2n) is 3.67. The predicted octanol–water partition coefficient (Wildman–Crippen LogP) is 2.36. The predicted molar refractivity (Wildman–Crippen MR) is 55.8 cm³/mol. The highest BCUT2D eigenvalue weighted by atomic mass is 35.5. The molecule has 0 aromatic carbocycles. The fourth-order valence-corrected chi connectivity index (χ4v) is 1.45. The van der Waals surface area contributed by atoms with Gasteiger partial charge >= 0.3 is 0 Å². The normalized spacial score (nSPS) is 17.4. The number of hydrogen-bond donors (Lipinski definition) is 1. The molecule has 1 saturated carbocycles. The summed E-state index contributed by atoms with van der Waals surface area (Å²) in [5.41, 5.74) is 7.19. The maximum absolute atomic E-state index is 12.9. The molecule has 14 heavy (non-hydrogen) atoms. The molecule has 0 unspecified atom stereocenters. The summed E-state index contributed by atoms with van der Waals surface area (Å²) >= 11 is 0. The minimum absolute atomic E-state index is 0. The summed E-state index contributed by atoms with van der Waals surface area (Å²) in [6, 6.07) is 3.13. The fourth-order valence-electron chi connectivity index (χ4n) is 1.45. The summed E-state index contributed by atoms with van der Waals surface area (Å²) in [5.74, 6) is 0.309. The van der Waals surface area contributed by atoms with Gasteiger partial charge in [0.15, 0.2) is 0 Å². The van der Waals surface area contributed by atoms with E-state index in [0.29, 0.717) is 11.6 Å². The van der Waals surface area contributed by atoms with Crippen molar-refractivity contribution in [3.8, 4) is 0 Å². The number of halogens is 2. The van der Waals surface area contributed by atoms with Crippen molar-refractivity contribution in [3.05, 3.63) is 29.3 Å². The minimum Gasteiger partial charge on any atom is -0.322 e. The number of pyridine rings is 1. The van der Waals surface area contributed by atoms with Gasteiger partial charge in [-0.15, -0.1) is 12.4 Å². The fraction of sp³-hybridized carbons (Fsp3) is 0.500. The first-order valence-corrected chi connectivity index (χ1v) is 4.57. The quantitative estimate of drug-likeness (QED) is 0.825. The van der Waals surface area contributed by atoms with Gasteiger partial charge in [0.1, 0.15) is 5.82 Å². The molecule has 0 amide bonds. The number of nitrogens with zero attached hydrogens (tertiary/aromatic N) is 1. The van der Waals surface area contributed by atoms with Gasteiger partial charge in [0.25, 0.3) is 0 Å². The van der Waals surface area contributed by atoms with Gasteiger partial charge in [-0.3, -0.25) is 4.98 Å². The van der Waals surface area contributed by atoms with Gasteiger partial charge in [0.2, 0.25) is 0 Å². The molecule has 0 aliphatic heterocycles. The summed E-state index contributed by atoms with van der Waals surface area (Å²) < 4.78 is 12.9. The van der Waals surface area contributed by atoms with E-state index in [1.807, 2.05) is 0 Å². The minimum atomic E-state index is -0.258. The Morgan fingerprint density at radius 1 is 1.50 bits per heavy atom. The standard InChI is InChI=1S/C10H13FN2.ClH/c1-6-8(11)4-5-9(13-6)10(12)7-2-3-7;/h4-5,7,10H,2-3,12H2,1H3;1H/t10-;/m0./s1. The monoisotopic (exact) mass is 216 g/mol. The Hall–Kier alpha value is -0.670. The van der Waals surface area contributed by atoms with E-state index in [-0.39, 0.29) is 24.3 Å². The van der Waals surface area contributed by atoms with E-state index in [1.54, 1.807) is 13.0 Å². The third-order valence-corrected chi connectivity index (χ3v) is 2.51. The second kappa shape index (κ2) is 4.24. The molecule has 1 fully saturated rings. The highest BCUT2D eigenvalue weighted by Crippen LogP contribution is 2.38. The molecule has 4 heteroatoms. The lowest BCUT2D eigenvalue weighted by Crippen LogP contribution is -2.14. The van der Waals surface area contributed by atoms with Crippen LogP contribution in [-0.4, -0.2) is 4.98 Å². The highest BCUT2D eigenvalue weighted by molar-refractivity contribution is 5.85. The Kier molecular flexibility index (Phi) is 3.45. The zero-order valence-corrected chi connectivity index (χ0v) is 8.85. The van der Waals surface area contributed by atoms with Crippen LogP contribution in [0.4, 0.5) is 4.39 Å². The van der Waals surface area contributed by atoms with Crippen molar-refractivity contribution in [2.75, 3.05) is 0 Å². The van der Waals surface area contributed by atoms with Crippen molar-refractivity contribution in [2.24, 2.45) is 11.7 Å². The molecule has 1 aliphatic rings. The van der Waals surface area contributed by atoms with Gasteiger partial charge in [-0.1, -0.05) is 0 Å². The van der Waals surface area contributed by atoms with Gasteiger partial charge in [-0.25, -0.2) is 4.39 Å². The van der Waals surface area contributed by atoms with Gasteiger partial charge in [-0.2, -0.15) is 0 Å². The molecule has 2 N–H and O–H groups in total. The number of aryl methyl sites for hydroxylation is 1. The molecule has 1 atom stereocenters.